The average Bonchev–Trinajstić information content (AvgIpc) is 3.16. The van der Waals surface area contributed by atoms with Crippen LogP contribution in [0.2, 0.25) is 0 Å². The molecular formula is C21H15NO2S. The van der Waals surface area contributed by atoms with E-state index in [9.17, 15) is 4.79 Å². The molecule has 25 heavy (non-hydrogen) atoms. The maximum Gasteiger partial charge on any atom is 0.339 e. The van der Waals surface area contributed by atoms with Crippen molar-refractivity contribution in [2.45, 2.75) is 6.10 Å². The van der Waals surface area contributed by atoms with E-state index in [1.165, 1.54) is 0 Å². The van der Waals surface area contributed by atoms with Crippen LogP contribution in [0.5, 0.6) is 0 Å². The number of benzene rings is 2. The highest BCUT2D eigenvalue weighted by molar-refractivity contribution is 7.17. The van der Waals surface area contributed by atoms with Crippen molar-refractivity contribution >= 4 is 27.4 Å². The summed E-state index contributed by atoms with van der Waals surface area (Å²) in [4.78, 5) is 17.2. The molecule has 0 saturated heterocycles. The number of carbonyl (C=O) groups excluding carboxylic acids is 1. The van der Waals surface area contributed by atoms with Gasteiger partial charge in [-0.15, -0.1) is 11.3 Å². The molecule has 1 atom stereocenters. The van der Waals surface area contributed by atoms with Crippen molar-refractivity contribution in [3.05, 3.63) is 101 Å². The van der Waals surface area contributed by atoms with Crippen molar-refractivity contribution in [2.24, 2.45) is 0 Å². The van der Waals surface area contributed by atoms with Crippen molar-refractivity contribution in [1.29, 1.82) is 0 Å². The topological polar surface area (TPSA) is 39.2 Å². The minimum Gasteiger partial charge on any atom is -0.447 e. The van der Waals surface area contributed by atoms with Gasteiger partial charge in [-0.3, -0.25) is 4.98 Å². The summed E-state index contributed by atoms with van der Waals surface area (Å²) in [6.07, 6.45) is 1.22. The molecule has 0 aliphatic carbocycles. The third kappa shape index (κ3) is 3.16. The lowest BCUT2D eigenvalue weighted by atomic mass is 10.0. The van der Waals surface area contributed by atoms with Gasteiger partial charge in [0.2, 0.25) is 0 Å². The Morgan fingerprint density at radius 3 is 2.40 bits per heavy atom. The molecule has 0 spiro atoms. The second-order valence-corrected chi connectivity index (χ2v) is 6.51. The summed E-state index contributed by atoms with van der Waals surface area (Å²) in [5.41, 5.74) is 2.20. The fourth-order valence-electron chi connectivity index (χ4n) is 2.76. The van der Waals surface area contributed by atoms with E-state index < -0.39 is 6.10 Å². The summed E-state index contributed by atoms with van der Waals surface area (Å²) in [7, 11) is 0. The molecular weight excluding hydrogens is 330 g/mol. The van der Waals surface area contributed by atoms with Gasteiger partial charge in [0.1, 0.15) is 5.69 Å². The first-order chi connectivity index (χ1) is 12.3. The molecule has 122 valence electrons. The number of rotatable bonds is 4. The molecule has 0 bridgehead atoms. The van der Waals surface area contributed by atoms with Gasteiger partial charge in [0.25, 0.3) is 0 Å². The molecule has 0 amide bonds. The maximum atomic E-state index is 12.6. The first kappa shape index (κ1) is 15.5. The summed E-state index contributed by atoms with van der Waals surface area (Å²) in [6.45, 7) is 0. The zero-order valence-electron chi connectivity index (χ0n) is 13.3. The van der Waals surface area contributed by atoms with Crippen molar-refractivity contribution in [2.75, 3.05) is 0 Å². The summed E-state index contributed by atoms with van der Waals surface area (Å²) in [6, 6.07) is 22.8. The molecule has 0 aliphatic heterocycles. The van der Waals surface area contributed by atoms with E-state index in [4.69, 9.17) is 4.74 Å². The van der Waals surface area contributed by atoms with Gasteiger partial charge in [0.15, 0.2) is 6.10 Å². The van der Waals surface area contributed by atoms with Crippen LogP contribution in [0.15, 0.2) is 84.4 Å². The Morgan fingerprint density at radius 2 is 1.64 bits per heavy atom. The highest BCUT2D eigenvalue weighted by Crippen LogP contribution is 2.33. The van der Waals surface area contributed by atoms with Gasteiger partial charge in [-0.05, 0) is 40.6 Å². The van der Waals surface area contributed by atoms with Crippen LogP contribution in [0, 0.1) is 0 Å². The number of esters is 1. The number of carbonyl (C=O) groups is 1. The highest BCUT2D eigenvalue weighted by Gasteiger charge is 2.23. The standard InChI is InChI=1S/C21H15NO2S/c23-21(17-9-5-2-6-10-17)24-19(15-7-3-1-4-8-15)18-20-16(11-13-22-18)12-14-25-20/h1-14,19H. The van der Waals surface area contributed by atoms with Crippen molar-refractivity contribution in [3.8, 4) is 0 Å². The SMILES string of the molecule is O=C(OC(c1ccccc1)c1nccc2ccsc12)c1ccccc1. The number of nitrogens with zero attached hydrogens (tertiary/aromatic N) is 1. The Hall–Kier alpha value is -2.98. The summed E-state index contributed by atoms with van der Waals surface area (Å²) in [5, 5.41) is 3.13. The predicted molar refractivity (Wildman–Crippen MR) is 99.8 cm³/mol. The summed E-state index contributed by atoms with van der Waals surface area (Å²) < 4.78 is 6.93. The molecule has 4 rings (SSSR count). The van der Waals surface area contributed by atoms with Gasteiger partial charge in [-0.1, -0.05) is 48.5 Å². The predicted octanol–water partition coefficient (Wildman–Crippen LogP) is 5.24. The molecule has 1 unspecified atom stereocenters. The minimum absolute atomic E-state index is 0.357. The number of thiophene rings is 1. The number of hydrogen-bond donors (Lipinski definition) is 0. The molecule has 0 saturated carbocycles. The molecule has 2 aromatic heterocycles. The van der Waals surface area contributed by atoms with E-state index in [-0.39, 0.29) is 5.97 Å². The van der Waals surface area contributed by atoms with E-state index in [0.717, 1.165) is 21.3 Å². The van der Waals surface area contributed by atoms with Crippen LogP contribution in [0.3, 0.4) is 0 Å². The van der Waals surface area contributed by atoms with Gasteiger partial charge in [-0.25, -0.2) is 4.79 Å². The molecule has 4 aromatic rings. The first-order valence-corrected chi connectivity index (χ1v) is 8.84. The Bertz CT molecular complexity index is 996. The van der Waals surface area contributed by atoms with Gasteiger partial charge >= 0.3 is 5.97 Å². The summed E-state index contributed by atoms with van der Waals surface area (Å²) in [5.74, 6) is -0.357. The van der Waals surface area contributed by atoms with Crippen LogP contribution in [-0.2, 0) is 4.74 Å². The lowest BCUT2D eigenvalue weighted by molar-refractivity contribution is 0.0374. The molecule has 0 fully saturated rings. The molecule has 2 heterocycles. The number of ether oxygens (including phenoxy) is 1. The van der Waals surface area contributed by atoms with Gasteiger partial charge < -0.3 is 4.74 Å². The first-order valence-electron chi connectivity index (χ1n) is 7.96. The quantitative estimate of drug-likeness (QED) is 0.475. The van der Waals surface area contributed by atoms with Crippen molar-refractivity contribution < 1.29 is 9.53 Å². The molecule has 2 aromatic carbocycles. The third-order valence-corrected chi connectivity index (χ3v) is 4.93. The molecule has 3 nitrogen and oxygen atoms in total. The number of fused-ring (bicyclic) bond motifs is 1. The molecule has 0 radical (unpaired) electrons. The largest absolute Gasteiger partial charge is 0.447 e. The van der Waals surface area contributed by atoms with Crippen molar-refractivity contribution in [1.82, 2.24) is 4.98 Å². The smallest absolute Gasteiger partial charge is 0.339 e. The zero-order chi connectivity index (χ0) is 17.1. The number of pyridine rings is 1. The van der Waals surface area contributed by atoms with Crippen LogP contribution in [0.25, 0.3) is 10.1 Å². The lowest BCUT2D eigenvalue weighted by Crippen LogP contribution is -2.14. The van der Waals surface area contributed by atoms with Crippen LogP contribution < -0.4 is 0 Å². The van der Waals surface area contributed by atoms with Gasteiger partial charge in [0, 0.05) is 6.20 Å². The summed E-state index contributed by atoms with van der Waals surface area (Å²) >= 11 is 1.61. The van der Waals surface area contributed by atoms with E-state index in [1.54, 1.807) is 29.7 Å². The van der Waals surface area contributed by atoms with E-state index >= 15 is 0 Å². The normalized spacial score (nSPS) is 12.0. The maximum absolute atomic E-state index is 12.6. The Labute approximate surface area is 149 Å². The monoisotopic (exact) mass is 345 g/mol. The second kappa shape index (κ2) is 6.87. The number of hydrogen-bond acceptors (Lipinski definition) is 4. The molecule has 4 heteroatoms. The zero-order valence-corrected chi connectivity index (χ0v) is 14.1. The Balaban J connectivity index is 1.78. The third-order valence-electron chi connectivity index (χ3n) is 3.98. The fraction of sp³-hybridized carbons (Fsp3) is 0.0476. The van der Waals surface area contributed by atoms with Crippen LogP contribution >= 0.6 is 11.3 Å². The number of aromatic nitrogens is 1. The average molecular weight is 345 g/mol. The molecule has 0 aliphatic rings. The van der Waals surface area contributed by atoms with Crippen LogP contribution in [0.4, 0.5) is 0 Å². The van der Waals surface area contributed by atoms with Crippen LogP contribution in [-0.4, -0.2) is 11.0 Å². The van der Waals surface area contributed by atoms with E-state index in [1.807, 2.05) is 66.0 Å². The molecule has 0 N–H and O–H groups in total. The minimum atomic E-state index is -0.545. The van der Waals surface area contributed by atoms with Gasteiger partial charge in [-0.2, -0.15) is 0 Å². The second-order valence-electron chi connectivity index (χ2n) is 5.60. The van der Waals surface area contributed by atoms with E-state index in [2.05, 4.69) is 4.98 Å². The van der Waals surface area contributed by atoms with Gasteiger partial charge in [0.05, 0.1) is 10.3 Å². The van der Waals surface area contributed by atoms with E-state index in [0.29, 0.717) is 5.56 Å². The van der Waals surface area contributed by atoms with Crippen LogP contribution in [0.1, 0.15) is 27.7 Å². The van der Waals surface area contributed by atoms with Crippen molar-refractivity contribution in [3.63, 3.8) is 0 Å². The Kier molecular flexibility index (Phi) is 4.27. The fourth-order valence-corrected chi connectivity index (χ4v) is 3.66. The highest BCUT2D eigenvalue weighted by atomic mass is 32.1. The lowest BCUT2D eigenvalue weighted by Gasteiger charge is -2.18. The Morgan fingerprint density at radius 1 is 0.920 bits per heavy atom.